The van der Waals surface area contributed by atoms with Crippen molar-refractivity contribution < 1.29 is 9.13 Å². The van der Waals surface area contributed by atoms with Gasteiger partial charge in [-0.05, 0) is 37.1 Å². The first kappa shape index (κ1) is 14.3. The van der Waals surface area contributed by atoms with Gasteiger partial charge in [0.15, 0.2) is 0 Å². The van der Waals surface area contributed by atoms with Crippen molar-refractivity contribution in [3.63, 3.8) is 0 Å². The molecule has 0 unspecified atom stereocenters. The van der Waals surface area contributed by atoms with Crippen LogP contribution in [0.25, 0.3) is 0 Å². The topological polar surface area (TPSA) is 24.5 Å². The van der Waals surface area contributed by atoms with E-state index in [-0.39, 0.29) is 5.82 Å². The summed E-state index contributed by atoms with van der Waals surface area (Å²) in [7, 11) is 1.75. The zero-order valence-electron chi connectivity index (χ0n) is 11.8. The van der Waals surface area contributed by atoms with Gasteiger partial charge in [0.25, 0.3) is 0 Å². The molecule has 0 aliphatic carbocycles. The van der Waals surface area contributed by atoms with Gasteiger partial charge >= 0.3 is 0 Å². The van der Waals surface area contributed by atoms with E-state index in [1.165, 1.54) is 0 Å². The maximum atomic E-state index is 14.1. The Morgan fingerprint density at radius 3 is 2.68 bits per heavy atom. The average molecular weight is 266 g/mol. The molecule has 3 nitrogen and oxygen atoms in total. The van der Waals surface area contributed by atoms with Crippen LogP contribution in [-0.2, 0) is 11.3 Å². The molecule has 0 spiro atoms. The fraction of sp³-hybridized carbons (Fsp3) is 0.600. The lowest BCUT2D eigenvalue weighted by molar-refractivity contribution is 0.0818. The molecule has 1 saturated heterocycles. The van der Waals surface area contributed by atoms with Gasteiger partial charge in [0.2, 0.25) is 0 Å². The largest absolute Gasteiger partial charge is 0.381 e. The summed E-state index contributed by atoms with van der Waals surface area (Å²) in [5.74, 6) is -0.119. The third-order valence-electron chi connectivity index (χ3n) is 3.71. The molecule has 0 aromatic heterocycles. The van der Waals surface area contributed by atoms with Crippen LogP contribution in [0.2, 0.25) is 0 Å². The van der Waals surface area contributed by atoms with E-state index in [1.54, 1.807) is 13.2 Å². The van der Waals surface area contributed by atoms with E-state index in [1.807, 2.05) is 19.1 Å². The highest BCUT2D eigenvalue weighted by Crippen LogP contribution is 2.24. The van der Waals surface area contributed by atoms with Gasteiger partial charge in [-0.15, -0.1) is 0 Å². The zero-order valence-corrected chi connectivity index (χ0v) is 11.8. The van der Waals surface area contributed by atoms with Crippen LogP contribution in [0.3, 0.4) is 0 Å². The van der Waals surface area contributed by atoms with Crippen molar-refractivity contribution in [3.05, 3.63) is 29.6 Å². The van der Waals surface area contributed by atoms with Crippen LogP contribution in [0.4, 0.5) is 10.1 Å². The molecule has 0 atom stereocenters. The number of benzene rings is 1. The van der Waals surface area contributed by atoms with Crippen LogP contribution in [0, 0.1) is 5.82 Å². The number of hydrogen-bond donors (Lipinski definition) is 1. The van der Waals surface area contributed by atoms with Crippen molar-refractivity contribution in [2.75, 3.05) is 31.6 Å². The number of ether oxygens (including phenoxy) is 1. The first-order valence-corrected chi connectivity index (χ1v) is 7.01. The number of nitrogens with one attached hydrogen (secondary N) is 1. The molecule has 0 amide bonds. The Hall–Kier alpha value is -1.13. The Morgan fingerprint density at radius 2 is 2.11 bits per heavy atom. The summed E-state index contributed by atoms with van der Waals surface area (Å²) in [5.41, 5.74) is 1.71. The van der Waals surface area contributed by atoms with Crippen LogP contribution in [0.15, 0.2) is 18.2 Å². The minimum Gasteiger partial charge on any atom is -0.381 e. The SMILES string of the molecule is CCNCc1ccc(N2CCC(OC)CC2)c(F)c1. The molecule has 0 saturated carbocycles. The van der Waals surface area contributed by atoms with Crippen molar-refractivity contribution in [1.82, 2.24) is 5.32 Å². The lowest BCUT2D eigenvalue weighted by atomic mass is 10.1. The number of nitrogens with zero attached hydrogens (tertiary/aromatic N) is 1. The number of halogens is 1. The Labute approximate surface area is 114 Å². The van der Waals surface area contributed by atoms with E-state index in [0.717, 1.165) is 50.3 Å². The van der Waals surface area contributed by atoms with Crippen LogP contribution in [0.5, 0.6) is 0 Å². The van der Waals surface area contributed by atoms with Gasteiger partial charge in [0.05, 0.1) is 11.8 Å². The van der Waals surface area contributed by atoms with Gasteiger partial charge < -0.3 is 15.0 Å². The smallest absolute Gasteiger partial charge is 0.146 e. The van der Waals surface area contributed by atoms with Gasteiger partial charge in [-0.2, -0.15) is 0 Å². The van der Waals surface area contributed by atoms with Gasteiger partial charge in [-0.1, -0.05) is 13.0 Å². The fourth-order valence-corrected chi connectivity index (χ4v) is 2.52. The zero-order chi connectivity index (χ0) is 13.7. The summed E-state index contributed by atoms with van der Waals surface area (Å²) in [4.78, 5) is 2.11. The van der Waals surface area contributed by atoms with Crippen LogP contribution >= 0.6 is 0 Å². The second kappa shape index (κ2) is 6.87. The van der Waals surface area contributed by atoms with Gasteiger partial charge in [0.1, 0.15) is 5.82 Å². The van der Waals surface area contributed by atoms with E-state index in [2.05, 4.69) is 10.2 Å². The van der Waals surface area contributed by atoms with Crippen LogP contribution in [-0.4, -0.2) is 32.8 Å². The normalized spacial score (nSPS) is 16.9. The highest BCUT2D eigenvalue weighted by molar-refractivity contribution is 5.49. The Morgan fingerprint density at radius 1 is 1.37 bits per heavy atom. The Bertz CT molecular complexity index is 403. The molecular formula is C15H23FN2O. The van der Waals surface area contributed by atoms with E-state index in [4.69, 9.17) is 4.74 Å². The number of piperidine rings is 1. The molecule has 1 aromatic carbocycles. The fourth-order valence-electron chi connectivity index (χ4n) is 2.52. The predicted molar refractivity (Wildman–Crippen MR) is 76.0 cm³/mol. The van der Waals surface area contributed by atoms with Gasteiger partial charge in [-0.3, -0.25) is 0 Å². The van der Waals surface area contributed by atoms with Crippen molar-refractivity contribution in [1.29, 1.82) is 0 Å². The molecule has 19 heavy (non-hydrogen) atoms. The monoisotopic (exact) mass is 266 g/mol. The second-order valence-corrected chi connectivity index (χ2v) is 4.99. The van der Waals surface area contributed by atoms with Gasteiger partial charge in [-0.25, -0.2) is 4.39 Å². The maximum Gasteiger partial charge on any atom is 0.146 e. The average Bonchev–Trinajstić information content (AvgIpc) is 2.45. The summed E-state index contributed by atoms with van der Waals surface area (Å²) < 4.78 is 19.5. The molecule has 4 heteroatoms. The summed E-state index contributed by atoms with van der Waals surface area (Å²) in [6, 6.07) is 5.54. The second-order valence-electron chi connectivity index (χ2n) is 4.99. The third-order valence-corrected chi connectivity index (χ3v) is 3.71. The molecule has 2 rings (SSSR count). The number of hydrogen-bond acceptors (Lipinski definition) is 3. The van der Waals surface area contributed by atoms with Crippen molar-refractivity contribution in [2.24, 2.45) is 0 Å². The lowest BCUT2D eigenvalue weighted by Crippen LogP contribution is -2.37. The lowest BCUT2D eigenvalue weighted by Gasteiger charge is -2.33. The van der Waals surface area contributed by atoms with Crippen molar-refractivity contribution in [3.8, 4) is 0 Å². The molecule has 1 heterocycles. The molecule has 1 N–H and O–H groups in total. The Kier molecular flexibility index (Phi) is 5.16. The molecule has 1 fully saturated rings. The van der Waals surface area contributed by atoms with Crippen molar-refractivity contribution >= 4 is 5.69 Å². The minimum absolute atomic E-state index is 0.119. The molecule has 1 aromatic rings. The number of rotatable bonds is 5. The first-order valence-electron chi connectivity index (χ1n) is 7.01. The minimum atomic E-state index is -0.119. The molecule has 106 valence electrons. The molecule has 0 bridgehead atoms. The highest BCUT2D eigenvalue weighted by Gasteiger charge is 2.20. The number of anilines is 1. The number of methoxy groups -OCH3 is 1. The van der Waals surface area contributed by atoms with Crippen molar-refractivity contribution in [2.45, 2.75) is 32.4 Å². The molecule has 0 radical (unpaired) electrons. The quantitative estimate of drug-likeness (QED) is 0.886. The molecule has 1 aliphatic rings. The summed E-state index contributed by atoms with van der Waals surface area (Å²) >= 11 is 0. The van der Waals surface area contributed by atoms with E-state index in [0.29, 0.717) is 6.10 Å². The highest BCUT2D eigenvalue weighted by atomic mass is 19.1. The standard InChI is InChI=1S/C15H23FN2O/c1-3-17-11-12-4-5-15(14(16)10-12)18-8-6-13(19-2)7-9-18/h4-5,10,13,17H,3,6-9,11H2,1-2H3. The first-order chi connectivity index (χ1) is 9.24. The van der Waals surface area contributed by atoms with E-state index < -0.39 is 0 Å². The Balaban J connectivity index is 2.01. The van der Waals surface area contributed by atoms with E-state index >= 15 is 0 Å². The van der Waals surface area contributed by atoms with E-state index in [9.17, 15) is 4.39 Å². The third kappa shape index (κ3) is 3.67. The summed E-state index contributed by atoms with van der Waals surface area (Å²) in [6.45, 7) is 5.39. The van der Waals surface area contributed by atoms with Crippen LogP contribution in [0.1, 0.15) is 25.3 Å². The molecule has 1 aliphatic heterocycles. The maximum absolute atomic E-state index is 14.1. The molecular weight excluding hydrogens is 243 g/mol. The van der Waals surface area contributed by atoms with Crippen LogP contribution < -0.4 is 10.2 Å². The summed E-state index contributed by atoms with van der Waals surface area (Å²) in [6.07, 6.45) is 2.26. The van der Waals surface area contributed by atoms with Gasteiger partial charge in [0, 0.05) is 26.7 Å². The summed E-state index contributed by atoms with van der Waals surface area (Å²) in [5, 5.41) is 3.21. The predicted octanol–water partition coefficient (Wildman–Crippen LogP) is 2.55.